The quantitative estimate of drug-likeness (QED) is 0.760. The van der Waals surface area contributed by atoms with Crippen LogP contribution in [0.4, 0.5) is 0 Å². The average molecular weight is 294 g/mol. The summed E-state index contributed by atoms with van der Waals surface area (Å²) < 4.78 is 8.27. The van der Waals surface area contributed by atoms with Crippen molar-refractivity contribution in [3.8, 4) is 0 Å². The Morgan fingerprint density at radius 2 is 2.10 bits per heavy atom. The van der Waals surface area contributed by atoms with Crippen LogP contribution in [0, 0.1) is 0 Å². The minimum Gasteiger partial charge on any atom is -0.374 e. The molecule has 1 aliphatic rings. The van der Waals surface area contributed by atoms with Gasteiger partial charge in [0, 0.05) is 25.6 Å². The molecular weight excluding hydrogens is 264 g/mol. The topological polar surface area (TPSA) is 52.0 Å². The number of nitrogens with zero attached hydrogens (tertiary/aromatic N) is 3. The smallest absolute Gasteiger partial charge is 0.138 e. The van der Waals surface area contributed by atoms with Crippen LogP contribution in [-0.4, -0.2) is 39.6 Å². The molecule has 1 fully saturated rings. The number of nitrogens with one attached hydrogen (secondary N) is 1. The number of aromatic nitrogens is 3. The van der Waals surface area contributed by atoms with Crippen molar-refractivity contribution in [1.82, 2.24) is 20.1 Å². The molecular formula is C16H30N4O. The van der Waals surface area contributed by atoms with Gasteiger partial charge in [-0.25, -0.2) is 4.98 Å². The fourth-order valence-corrected chi connectivity index (χ4v) is 3.57. The molecule has 1 aliphatic carbocycles. The first-order valence-corrected chi connectivity index (χ1v) is 8.49. The summed E-state index contributed by atoms with van der Waals surface area (Å²) in [4.78, 5) is 4.48. The highest BCUT2D eigenvalue weighted by Crippen LogP contribution is 2.37. The third-order valence-electron chi connectivity index (χ3n) is 4.49. The van der Waals surface area contributed by atoms with E-state index in [-0.39, 0.29) is 5.60 Å². The van der Waals surface area contributed by atoms with Gasteiger partial charge >= 0.3 is 0 Å². The van der Waals surface area contributed by atoms with Gasteiger partial charge in [0.25, 0.3) is 0 Å². The highest BCUT2D eigenvalue weighted by Gasteiger charge is 2.42. The molecule has 1 heterocycles. The summed E-state index contributed by atoms with van der Waals surface area (Å²) in [6.45, 7) is 9.12. The summed E-state index contributed by atoms with van der Waals surface area (Å²) in [5.41, 5.74) is -0.0201. The van der Waals surface area contributed by atoms with E-state index < -0.39 is 0 Å². The lowest BCUT2D eigenvalue weighted by atomic mass is 9.89. The molecule has 1 saturated carbocycles. The lowest BCUT2D eigenvalue weighted by Gasteiger charge is -2.37. The monoisotopic (exact) mass is 294 g/mol. The summed E-state index contributed by atoms with van der Waals surface area (Å²) in [5, 5.41) is 8.00. The van der Waals surface area contributed by atoms with Gasteiger partial charge in [-0.05, 0) is 32.7 Å². The fraction of sp³-hybridized carbons (Fsp3) is 0.875. The van der Waals surface area contributed by atoms with Crippen LogP contribution in [0.3, 0.4) is 0 Å². The maximum absolute atomic E-state index is 6.23. The fourth-order valence-electron chi connectivity index (χ4n) is 3.57. The van der Waals surface area contributed by atoms with Gasteiger partial charge in [0.15, 0.2) is 0 Å². The van der Waals surface area contributed by atoms with Crippen LogP contribution in [0.1, 0.15) is 58.7 Å². The molecule has 0 bridgehead atoms. The van der Waals surface area contributed by atoms with E-state index in [0.717, 1.165) is 51.2 Å². The lowest BCUT2D eigenvalue weighted by molar-refractivity contribution is -0.0615. The van der Waals surface area contributed by atoms with Crippen LogP contribution in [-0.2, 0) is 17.7 Å². The number of likely N-dealkylation sites (N-methyl/N-ethyl adjacent to an activating group) is 1. The maximum atomic E-state index is 6.23. The van der Waals surface area contributed by atoms with Crippen LogP contribution in [0.2, 0.25) is 0 Å². The molecule has 2 rings (SSSR count). The Kier molecular flexibility index (Phi) is 6.18. The number of aryl methyl sites for hydroxylation is 1. The van der Waals surface area contributed by atoms with E-state index in [1.807, 2.05) is 4.68 Å². The molecule has 0 aliphatic heterocycles. The zero-order valence-electron chi connectivity index (χ0n) is 13.8. The Labute approximate surface area is 128 Å². The minimum absolute atomic E-state index is 0.0201. The van der Waals surface area contributed by atoms with Crippen LogP contribution in [0.15, 0.2) is 6.33 Å². The molecule has 0 amide bonds. The maximum Gasteiger partial charge on any atom is 0.138 e. The standard InChI is InChI=1S/C16H30N4O/c1-4-11-20-15(18-13-19-20)12-14(17-5-2)16(21-6-3)9-7-8-10-16/h13-14,17H,4-12H2,1-3H3. The van der Waals surface area contributed by atoms with E-state index in [2.05, 4.69) is 36.2 Å². The normalized spacial score (nSPS) is 19.0. The molecule has 1 aromatic rings. The first-order chi connectivity index (χ1) is 10.3. The molecule has 0 spiro atoms. The minimum atomic E-state index is -0.0201. The molecule has 0 saturated heterocycles. The summed E-state index contributed by atoms with van der Waals surface area (Å²) in [7, 11) is 0. The van der Waals surface area contributed by atoms with Crippen LogP contribution in [0.25, 0.3) is 0 Å². The third kappa shape index (κ3) is 3.83. The molecule has 1 aromatic heterocycles. The summed E-state index contributed by atoms with van der Waals surface area (Å²) in [5.74, 6) is 1.08. The molecule has 0 radical (unpaired) electrons. The van der Waals surface area contributed by atoms with Crippen molar-refractivity contribution in [3.63, 3.8) is 0 Å². The third-order valence-corrected chi connectivity index (χ3v) is 4.49. The number of ether oxygens (including phenoxy) is 1. The Hall–Kier alpha value is -0.940. The Bertz CT molecular complexity index is 412. The van der Waals surface area contributed by atoms with Gasteiger partial charge in [-0.2, -0.15) is 5.10 Å². The zero-order valence-corrected chi connectivity index (χ0v) is 13.8. The molecule has 5 nitrogen and oxygen atoms in total. The van der Waals surface area contributed by atoms with Gasteiger partial charge in [0.2, 0.25) is 0 Å². The molecule has 0 aromatic carbocycles. The van der Waals surface area contributed by atoms with E-state index in [1.165, 1.54) is 12.8 Å². The van der Waals surface area contributed by atoms with Crippen molar-refractivity contribution < 1.29 is 4.74 Å². The van der Waals surface area contributed by atoms with Crippen molar-refractivity contribution in [2.45, 2.75) is 77.5 Å². The van der Waals surface area contributed by atoms with Gasteiger partial charge in [-0.3, -0.25) is 4.68 Å². The van der Waals surface area contributed by atoms with E-state index in [9.17, 15) is 0 Å². The molecule has 21 heavy (non-hydrogen) atoms. The van der Waals surface area contributed by atoms with Crippen LogP contribution in [0.5, 0.6) is 0 Å². The predicted octanol–water partition coefficient (Wildman–Crippen LogP) is 2.56. The largest absolute Gasteiger partial charge is 0.374 e. The van der Waals surface area contributed by atoms with Crippen molar-refractivity contribution >= 4 is 0 Å². The highest BCUT2D eigenvalue weighted by atomic mass is 16.5. The zero-order chi connectivity index (χ0) is 15.1. The Balaban J connectivity index is 2.15. The predicted molar refractivity (Wildman–Crippen MR) is 84.3 cm³/mol. The first-order valence-electron chi connectivity index (χ1n) is 8.49. The first kappa shape index (κ1) is 16.4. The Morgan fingerprint density at radius 3 is 2.71 bits per heavy atom. The van der Waals surface area contributed by atoms with E-state index in [4.69, 9.17) is 4.74 Å². The highest BCUT2D eigenvalue weighted by molar-refractivity contribution is 5.02. The summed E-state index contributed by atoms with van der Waals surface area (Å²) in [6.07, 6.45) is 8.50. The average Bonchev–Trinajstić information content (AvgIpc) is 3.10. The lowest BCUT2D eigenvalue weighted by Crippen LogP contribution is -2.52. The van der Waals surface area contributed by atoms with Crippen molar-refractivity contribution in [2.24, 2.45) is 0 Å². The Morgan fingerprint density at radius 1 is 1.33 bits per heavy atom. The molecule has 1 N–H and O–H groups in total. The van der Waals surface area contributed by atoms with Gasteiger partial charge < -0.3 is 10.1 Å². The van der Waals surface area contributed by atoms with Crippen molar-refractivity contribution in [2.75, 3.05) is 13.2 Å². The van der Waals surface area contributed by atoms with Gasteiger partial charge in [-0.1, -0.05) is 26.7 Å². The van der Waals surface area contributed by atoms with E-state index in [0.29, 0.717) is 6.04 Å². The van der Waals surface area contributed by atoms with Gasteiger partial charge in [0.1, 0.15) is 12.2 Å². The van der Waals surface area contributed by atoms with E-state index >= 15 is 0 Å². The second kappa shape index (κ2) is 7.90. The molecule has 1 unspecified atom stereocenters. The summed E-state index contributed by atoms with van der Waals surface area (Å²) in [6, 6.07) is 0.324. The van der Waals surface area contributed by atoms with Crippen molar-refractivity contribution in [3.05, 3.63) is 12.2 Å². The molecule has 120 valence electrons. The number of hydrogen-bond donors (Lipinski definition) is 1. The summed E-state index contributed by atoms with van der Waals surface area (Å²) >= 11 is 0. The van der Waals surface area contributed by atoms with Gasteiger partial charge in [0.05, 0.1) is 5.60 Å². The van der Waals surface area contributed by atoms with Gasteiger partial charge in [-0.15, -0.1) is 0 Å². The number of hydrogen-bond acceptors (Lipinski definition) is 4. The van der Waals surface area contributed by atoms with E-state index in [1.54, 1.807) is 6.33 Å². The molecule has 5 heteroatoms. The second-order valence-corrected chi connectivity index (χ2v) is 5.92. The van der Waals surface area contributed by atoms with Crippen molar-refractivity contribution in [1.29, 1.82) is 0 Å². The SMILES string of the molecule is CCCn1ncnc1CC(NCC)C1(OCC)CCCC1. The molecule has 1 atom stereocenters. The van der Waals surface area contributed by atoms with Crippen LogP contribution < -0.4 is 5.32 Å². The number of rotatable bonds is 9. The van der Waals surface area contributed by atoms with Crippen LogP contribution >= 0.6 is 0 Å². The second-order valence-electron chi connectivity index (χ2n) is 5.92.